The maximum absolute atomic E-state index is 14.2. The smallest absolute Gasteiger partial charge is 0.247 e. The minimum Gasteiger partial charge on any atom is -0.493 e. The summed E-state index contributed by atoms with van der Waals surface area (Å²) in [4.78, 5) is 29.1. The van der Waals surface area contributed by atoms with E-state index in [1.807, 2.05) is 91.0 Å². The number of para-hydroxylation sites is 1. The number of nitrogens with two attached hydrogens (primary N) is 1. The molecule has 0 aromatic heterocycles. The van der Waals surface area contributed by atoms with E-state index in [1.165, 1.54) is 14.0 Å². The van der Waals surface area contributed by atoms with Crippen molar-refractivity contribution in [3.05, 3.63) is 150 Å². The van der Waals surface area contributed by atoms with Gasteiger partial charge in [0, 0.05) is 42.0 Å². The first-order chi connectivity index (χ1) is 22.8. The van der Waals surface area contributed by atoms with E-state index < -0.39 is 6.04 Å². The van der Waals surface area contributed by atoms with Gasteiger partial charge in [-0.25, -0.2) is 0 Å². The lowest BCUT2D eigenvalue weighted by atomic mass is 10.00. The lowest BCUT2D eigenvalue weighted by molar-refractivity contribution is -0.122. The summed E-state index contributed by atoms with van der Waals surface area (Å²) in [5, 5.41) is 14.2. The van der Waals surface area contributed by atoms with E-state index in [-0.39, 0.29) is 24.3 Å². The molecule has 0 spiro atoms. The van der Waals surface area contributed by atoms with Gasteiger partial charge in [-0.3, -0.25) is 19.9 Å². The molecule has 0 saturated carbocycles. The third-order valence-electron chi connectivity index (χ3n) is 7.51. The molecule has 0 bridgehead atoms. The van der Waals surface area contributed by atoms with E-state index in [0.29, 0.717) is 46.2 Å². The number of rotatable bonds is 13. The third-order valence-corrected chi connectivity index (χ3v) is 7.51. The molecular weight excluding hydrogens is 590 g/mol. The van der Waals surface area contributed by atoms with E-state index >= 15 is 0 Å². The van der Waals surface area contributed by atoms with Gasteiger partial charge in [0.05, 0.1) is 12.8 Å². The number of nitrogens with one attached hydrogen (secondary N) is 3. The Morgan fingerprint density at radius 2 is 1.40 bits per heavy atom. The molecule has 238 valence electrons. The Hall–Kier alpha value is -6.09. The number of nitrogens with zero attached hydrogens (tertiary/aromatic N) is 1. The number of anilines is 3. The van der Waals surface area contributed by atoms with Gasteiger partial charge in [0.15, 0.2) is 11.5 Å². The molecule has 0 aliphatic carbocycles. The van der Waals surface area contributed by atoms with Gasteiger partial charge < -0.3 is 25.8 Å². The summed E-state index contributed by atoms with van der Waals surface area (Å²) in [6.07, 6.45) is 0. The summed E-state index contributed by atoms with van der Waals surface area (Å²) >= 11 is 0. The zero-order valence-electron chi connectivity index (χ0n) is 26.3. The van der Waals surface area contributed by atoms with Crippen LogP contribution in [0.5, 0.6) is 11.5 Å². The van der Waals surface area contributed by atoms with Crippen LogP contribution in [0.15, 0.2) is 127 Å². The second-order valence-corrected chi connectivity index (χ2v) is 10.8. The molecule has 0 fully saturated rings. The van der Waals surface area contributed by atoms with Crippen molar-refractivity contribution in [1.29, 1.82) is 5.41 Å². The van der Waals surface area contributed by atoms with E-state index in [1.54, 1.807) is 41.3 Å². The lowest BCUT2D eigenvalue weighted by Gasteiger charge is -2.29. The fourth-order valence-corrected chi connectivity index (χ4v) is 5.15. The molecule has 2 amide bonds. The molecule has 1 unspecified atom stereocenters. The summed E-state index contributed by atoms with van der Waals surface area (Å²) in [6, 6.07) is 38.0. The van der Waals surface area contributed by atoms with Crippen LogP contribution < -0.4 is 30.7 Å². The molecule has 9 nitrogen and oxygen atoms in total. The average Bonchev–Trinajstić information content (AvgIpc) is 3.10. The van der Waals surface area contributed by atoms with E-state index in [9.17, 15) is 9.59 Å². The average molecular weight is 628 g/mol. The van der Waals surface area contributed by atoms with Crippen molar-refractivity contribution in [1.82, 2.24) is 5.32 Å². The monoisotopic (exact) mass is 627 g/mol. The number of methoxy groups -OCH3 is 1. The van der Waals surface area contributed by atoms with Gasteiger partial charge in [-0.2, -0.15) is 0 Å². The second kappa shape index (κ2) is 15.3. The van der Waals surface area contributed by atoms with Crippen LogP contribution in [0.4, 0.5) is 17.1 Å². The summed E-state index contributed by atoms with van der Waals surface area (Å²) in [5.41, 5.74) is 10.3. The predicted molar refractivity (Wildman–Crippen MR) is 185 cm³/mol. The van der Waals surface area contributed by atoms with Crippen molar-refractivity contribution in [2.24, 2.45) is 5.73 Å². The zero-order chi connectivity index (χ0) is 33.2. The van der Waals surface area contributed by atoms with Crippen LogP contribution in [0, 0.1) is 5.41 Å². The highest BCUT2D eigenvalue weighted by Crippen LogP contribution is 2.42. The first-order valence-electron chi connectivity index (χ1n) is 15.1. The van der Waals surface area contributed by atoms with Crippen LogP contribution in [-0.2, 0) is 22.7 Å². The van der Waals surface area contributed by atoms with E-state index in [4.69, 9.17) is 20.6 Å². The summed E-state index contributed by atoms with van der Waals surface area (Å²) in [5.74, 6) is 0.150. The van der Waals surface area contributed by atoms with Crippen LogP contribution in [0.2, 0.25) is 0 Å². The van der Waals surface area contributed by atoms with Gasteiger partial charge in [-0.15, -0.1) is 0 Å². The van der Waals surface area contributed by atoms with Crippen LogP contribution in [0.3, 0.4) is 0 Å². The topological polar surface area (TPSA) is 130 Å². The molecule has 9 heteroatoms. The highest BCUT2D eigenvalue weighted by Gasteiger charge is 2.30. The largest absolute Gasteiger partial charge is 0.493 e. The van der Waals surface area contributed by atoms with Crippen LogP contribution in [0.1, 0.15) is 35.2 Å². The normalized spacial score (nSPS) is 11.2. The molecule has 5 aromatic rings. The number of benzene rings is 5. The Kier molecular flexibility index (Phi) is 10.5. The zero-order valence-corrected chi connectivity index (χ0v) is 26.3. The third kappa shape index (κ3) is 8.15. The van der Waals surface area contributed by atoms with Gasteiger partial charge >= 0.3 is 0 Å². The number of carbonyl (C=O) groups excluding carboxylic acids is 2. The van der Waals surface area contributed by atoms with Crippen LogP contribution >= 0.6 is 0 Å². The Bertz CT molecular complexity index is 1810. The summed E-state index contributed by atoms with van der Waals surface area (Å²) < 4.78 is 12.1. The number of hydrogen-bond acceptors (Lipinski definition) is 6. The predicted octanol–water partition coefficient (Wildman–Crippen LogP) is 6.71. The molecule has 5 rings (SSSR count). The summed E-state index contributed by atoms with van der Waals surface area (Å²) in [7, 11) is 1.53. The maximum Gasteiger partial charge on any atom is 0.247 e. The molecule has 1 atom stereocenters. The first-order valence-corrected chi connectivity index (χ1v) is 15.1. The minimum atomic E-state index is -0.987. The molecule has 47 heavy (non-hydrogen) atoms. The second-order valence-electron chi connectivity index (χ2n) is 10.8. The Morgan fingerprint density at radius 3 is 1.98 bits per heavy atom. The molecule has 0 heterocycles. The van der Waals surface area contributed by atoms with Gasteiger partial charge in [0.25, 0.3) is 0 Å². The Balaban J connectivity index is 1.63. The van der Waals surface area contributed by atoms with E-state index in [2.05, 4.69) is 10.6 Å². The fraction of sp³-hybridized carbons (Fsp3) is 0.132. The quantitative estimate of drug-likeness (QED) is 0.0848. The number of amides is 2. The van der Waals surface area contributed by atoms with Crippen LogP contribution in [-0.4, -0.2) is 24.8 Å². The Morgan fingerprint density at radius 1 is 0.809 bits per heavy atom. The first kappa shape index (κ1) is 32.3. The molecule has 0 aliphatic rings. The van der Waals surface area contributed by atoms with Crippen molar-refractivity contribution in [2.45, 2.75) is 26.1 Å². The van der Waals surface area contributed by atoms with Gasteiger partial charge in [0.2, 0.25) is 11.8 Å². The SMILES string of the molecule is COc1cc(C(Nc2ccc(C(=N)N)cc2)C(=O)NCc2ccccc2)c(N(C(C)=O)c2ccccc2)cc1OCc1ccccc1. The number of amidine groups is 1. The summed E-state index contributed by atoms with van der Waals surface area (Å²) in [6.45, 7) is 2.04. The standard InChI is InChI=1S/C38H37N5O4/c1-26(44)43(31-16-10-5-11-17-31)33-23-35(47-25-28-14-8-4-9-15-28)34(46-2)22-32(33)36(38(45)41-24-27-12-6-3-7-13-27)42-30-20-18-29(19-21-30)37(39)40/h3-23,36,42H,24-25H2,1-2H3,(H3,39,40)(H,41,45). The molecule has 0 aliphatic heterocycles. The lowest BCUT2D eigenvalue weighted by Crippen LogP contribution is -2.35. The van der Waals surface area contributed by atoms with Crippen molar-refractivity contribution in [3.8, 4) is 11.5 Å². The number of nitrogen functional groups attached to an aromatic ring is 1. The molecular formula is C38H37N5O4. The van der Waals surface area contributed by atoms with Crippen molar-refractivity contribution < 1.29 is 19.1 Å². The molecule has 5 N–H and O–H groups in total. The highest BCUT2D eigenvalue weighted by atomic mass is 16.5. The van der Waals surface area contributed by atoms with Gasteiger partial charge in [0.1, 0.15) is 18.5 Å². The minimum absolute atomic E-state index is 0.0632. The molecule has 0 saturated heterocycles. The van der Waals surface area contributed by atoms with Crippen molar-refractivity contribution in [3.63, 3.8) is 0 Å². The molecule has 5 aromatic carbocycles. The number of carbonyl (C=O) groups is 2. The van der Waals surface area contributed by atoms with Crippen molar-refractivity contribution in [2.75, 3.05) is 17.3 Å². The molecule has 0 radical (unpaired) electrons. The van der Waals surface area contributed by atoms with Crippen molar-refractivity contribution >= 4 is 34.7 Å². The number of hydrogen-bond donors (Lipinski definition) is 4. The van der Waals surface area contributed by atoms with E-state index in [0.717, 1.165) is 11.1 Å². The maximum atomic E-state index is 14.2. The van der Waals surface area contributed by atoms with Gasteiger partial charge in [-0.05, 0) is 53.6 Å². The fourth-order valence-electron chi connectivity index (χ4n) is 5.15. The van der Waals surface area contributed by atoms with Gasteiger partial charge in [-0.1, -0.05) is 78.9 Å². The number of ether oxygens (including phenoxy) is 2. The van der Waals surface area contributed by atoms with Crippen LogP contribution in [0.25, 0.3) is 0 Å². The highest BCUT2D eigenvalue weighted by molar-refractivity contribution is 6.02. The Labute approximate surface area is 274 Å².